The van der Waals surface area contributed by atoms with Crippen LogP contribution in [0, 0.1) is 0 Å². The van der Waals surface area contributed by atoms with Gasteiger partial charge in [0, 0.05) is 31.5 Å². The SMILES string of the molecule is CCOC(=O)Nc1cccc(C(=O)NCCCOC)c1. The van der Waals surface area contributed by atoms with Crippen LogP contribution in [0.1, 0.15) is 23.7 Å². The van der Waals surface area contributed by atoms with Gasteiger partial charge in [-0.1, -0.05) is 6.07 Å². The minimum Gasteiger partial charge on any atom is -0.450 e. The lowest BCUT2D eigenvalue weighted by Gasteiger charge is -2.08. The molecule has 2 N–H and O–H groups in total. The van der Waals surface area contributed by atoms with Crippen molar-refractivity contribution in [2.45, 2.75) is 13.3 Å². The largest absolute Gasteiger partial charge is 0.450 e. The van der Waals surface area contributed by atoms with E-state index in [9.17, 15) is 9.59 Å². The smallest absolute Gasteiger partial charge is 0.411 e. The molecule has 0 spiro atoms. The number of benzene rings is 1. The molecule has 1 aromatic rings. The molecule has 0 saturated heterocycles. The number of amides is 2. The highest BCUT2D eigenvalue weighted by molar-refractivity contribution is 5.96. The van der Waals surface area contributed by atoms with Crippen LogP contribution < -0.4 is 10.6 Å². The predicted octanol–water partition coefficient (Wildman–Crippen LogP) is 2.02. The van der Waals surface area contributed by atoms with Crippen molar-refractivity contribution >= 4 is 17.7 Å². The lowest BCUT2D eigenvalue weighted by Crippen LogP contribution is -2.25. The van der Waals surface area contributed by atoms with Crippen LogP contribution in [0.3, 0.4) is 0 Å². The Balaban J connectivity index is 2.54. The van der Waals surface area contributed by atoms with Crippen LogP contribution in [0.4, 0.5) is 10.5 Å². The summed E-state index contributed by atoms with van der Waals surface area (Å²) in [6, 6.07) is 6.68. The topological polar surface area (TPSA) is 76.7 Å². The number of ether oxygens (including phenoxy) is 2. The second-order valence-corrected chi connectivity index (χ2v) is 4.03. The van der Waals surface area contributed by atoms with Crippen molar-refractivity contribution in [3.63, 3.8) is 0 Å². The molecule has 0 unspecified atom stereocenters. The number of carbonyl (C=O) groups is 2. The molecule has 110 valence electrons. The zero-order valence-electron chi connectivity index (χ0n) is 11.8. The van der Waals surface area contributed by atoms with Gasteiger partial charge in [-0.25, -0.2) is 4.79 Å². The minimum atomic E-state index is -0.537. The normalized spacial score (nSPS) is 9.90. The van der Waals surface area contributed by atoms with E-state index in [1.54, 1.807) is 38.3 Å². The molecule has 0 aromatic heterocycles. The van der Waals surface area contributed by atoms with Gasteiger partial charge in [-0.15, -0.1) is 0 Å². The molecule has 20 heavy (non-hydrogen) atoms. The van der Waals surface area contributed by atoms with Crippen LogP contribution in [-0.4, -0.2) is 38.9 Å². The van der Waals surface area contributed by atoms with E-state index in [1.807, 2.05) is 0 Å². The Bertz CT molecular complexity index is 449. The molecule has 0 fully saturated rings. The van der Waals surface area contributed by atoms with Gasteiger partial charge in [0.05, 0.1) is 6.61 Å². The molecule has 1 rings (SSSR count). The monoisotopic (exact) mass is 280 g/mol. The van der Waals surface area contributed by atoms with Gasteiger partial charge in [0.25, 0.3) is 5.91 Å². The van der Waals surface area contributed by atoms with E-state index in [-0.39, 0.29) is 5.91 Å². The molecule has 1 aromatic carbocycles. The van der Waals surface area contributed by atoms with Crippen molar-refractivity contribution in [3.05, 3.63) is 29.8 Å². The van der Waals surface area contributed by atoms with Crippen LogP contribution in [0.2, 0.25) is 0 Å². The molecule has 0 aliphatic heterocycles. The Hall–Kier alpha value is -2.08. The fourth-order valence-corrected chi connectivity index (χ4v) is 1.54. The van der Waals surface area contributed by atoms with Crippen molar-refractivity contribution in [3.8, 4) is 0 Å². The summed E-state index contributed by atoms with van der Waals surface area (Å²) in [6.07, 6.45) is 0.216. The molecule has 6 heteroatoms. The molecule has 0 saturated carbocycles. The zero-order valence-corrected chi connectivity index (χ0v) is 11.8. The average molecular weight is 280 g/mol. The van der Waals surface area contributed by atoms with Gasteiger partial charge in [0.15, 0.2) is 0 Å². The van der Waals surface area contributed by atoms with Gasteiger partial charge in [-0.05, 0) is 31.5 Å². The Labute approximate surface area is 118 Å². The van der Waals surface area contributed by atoms with Gasteiger partial charge >= 0.3 is 6.09 Å². The fourth-order valence-electron chi connectivity index (χ4n) is 1.54. The third-order valence-corrected chi connectivity index (χ3v) is 2.46. The maximum atomic E-state index is 11.9. The number of hydrogen-bond donors (Lipinski definition) is 2. The maximum Gasteiger partial charge on any atom is 0.411 e. The zero-order chi connectivity index (χ0) is 14.8. The van der Waals surface area contributed by atoms with Gasteiger partial charge < -0.3 is 14.8 Å². The maximum absolute atomic E-state index is 11.9. The lowest BCUT2D eigenvalue weighted by molar-refractivity contribution is 0.0948. The van der Waals surface area contributed by atoms with E-state index < -0.39 is 6.09 Å². The molecule has 0 atom stereocenters. The van der Waals surface area contributed by atoms with Crippen molar-refractivity contribution in [2.24, 2.45) is 0 Å². The van der Waals surface area contributed by atoms with Gasteiger partial charge in [-0.2, -0.15) is 0 Å². The summed E-state index contributed by atoms with van der Waals surface area (Å²) in [4.78, 5) is 23.2. The van der Waals surface area contributed by atoms with Gasteiger partial charge in [0.1, 0.15) is 0 Å². The van der Waals surface area contributed by atoms with Crippen molar-refractivity contribution in [2.75, 3.05) is 32.2 Å². The summed E-state index contributed by atoms with van der Waals surface area (Å²) < 4.78 is 9.68. The van der Waals surface area contributed by atoms with Gasteiger partial charge in [0.2, 0.25) is 0 Å². The Morgan fingerprint density at radius 1 is 1.30 bits per heavy atom. The minimum absolute atomic E-state index is 0.186. The summed E-state index contributed by atoms with van der Waals surface area (Å²) in [5, 5.41) is 5.33. The van der Waals surface area contributed by atoms with E-state index in [0.29, 0.717) is 31.0 Å². The van der Waals surface area contributed by atoms with E-state index >= 15 is 0 Å². The molecule has 0 heterocycles. The first-order chi connectivity index (χ1) is 9.67. The van der Waals surface area contributed by atoms with E-state index in [1.165, 1.54) is 0 Å². The summed E-state index contributed by atoms with van der Waals surface area (Å²) in [5.74, 6) is -0.186. The van der Waals surface area contributed by atoms with Gasteiger partial charge in [-0.3, -0.25) is 10.1 Å². The Morgan fingerprint density at radius 3 is 2.80 bits per heavy atom. The summed E-state index contributed by atoms with van der Waals surface area (Å²) in [5.41, 5.74) is 1.00. The highest BCUT2D eigenvalue weighted by atomic mass is 16.5. The first-order valence-electron chi connectivity index (χ1n) is 6.48. The molecule has 2 amide bonds. The molecule has 0 radical (unpaired) electrons. The van der Waals surface area contributed by atoms with Crippen LogP contribution >= 0.6 is 0 Å². The third kappa shape index (κ3) is 5.71. The lowest BCUT2D eigenvalue weighted by atomic mass is 10.2. The van der Waals surface area contributed by atoms with Crippen LogP contribution in [-0.2, 0) is 9.47 Å². The fraction of sp³-hybridized carbons (Fsp3) is 0.429. The highest BCUT2D eigenvalue weighted by Crippen LogP contribution is 2.11. The standard InChI is InChI=1S/C14H20N2O4/c1-3-20-14(18)16-12-7-4-6-11(10-12)13(17)15-8-5-9-19-2/h4,6-7,10H,3,5,8-9H2,1-2H3,(H,15,17)(H,16,18). The molecule has 0 bridgehead atoms. The third-order valence-electron chi connectivity index (χ3n) is 2.46. The average Bonchev–Trinajstić information content (AvgIpc) is 2.44. The van der Waals surface area contributed by atoms with E-state index in [4.69, 9.17) is 9.47 Å². The molecule has 0 aliphatic rings. The molecule has 0 aliphatic carbocycles. The number of rotatable bonds is 7. The second-order valence-electron chi connectivity index (χ2n) is 4.03. The van der Waals surface area contributed by atoms with Crippen molar-refractivity contribution < 1.29 is 19.1 Å². The molecular formula is C14H20N2O4. The highest BCUT2D eigenvalue weighted by Gasteiger charge is 2.07. The summed E-state index contributed by atoms with van der Waals surface area (Å²) >= 11 is 0. The number of nitrogens with one attached hydrogen (secondary N) is 2. The van der Waals surface area contributed by atoms with Crippen molar-refractivity contribution in [1.82, 2.24) is 5.32 Å². The Morgan fingerprint density at radius 2 is 2.10 bits per heavy atom. The van der Waals surface area contributed by atoms with Crippen molar-refractivity contribution in [1.29, 1.82) is 0 Å². The quantitative estimate of drug-likeness (QED) is 0.749. The second kappa shape index (κ2) is 8.92. The molecular weight excluding hydrogens is 260 g/mol. The summed E-state index contributed by atoms with van der Waals surface area (Å²) in [7, 11) is 1.62. The molecule has 6 nitrogen and oxygen atoms in total. The number of anilines is 1. The Kier molecular flexibility index (Phi) is 7.13. The van der Waals surface area contributed by atoms with Crippen LogP contribution in [0.25, 0.3) is 0 Å². The van der Waals surface area contributed by atoms with Crippen LogP contribution in [0.15, 0.2) is 24.3 Å². The van der Waals surface area contributed by atoms with E-state index in [0.717, 1.165) is 6.42 Å². The number of methoxy groups -OCH3 is 1. The first-order valence-corrected chi connectivity index (χ1v) is 6.48. The van der Waals surface area contributed by atoms with E-state index in [2.05, 4.69) is 10.6 Å². The predicted molar refractivity (Wildman–Crippen MR) is 75.9 cm³/mol. The van der Waals surface area contributed by atoms with Crippen LogP contribution in [0.5, 0.6) is 0 Å². The number of carbonyl (C=O) groups excluding carboxylic acids is 2. The summed E-state index contributed by atoms with van der Waals surface area (Å²) in [6.45, 7) is 3.17. The number of hydrogen-bond acceptors (Lipinski definition) is 4. The first kappa shape index (κ1) is 16.0.